The van der Waals surface area contributed by atoms with Crippen molar-refractivity contribution >= 4 is 45.6 Å². The van der Waals surface area contributed by atoms with E-state index in [-0.39, 0.29) is 6.79 Å². The molecule has 1 aliphatic heterocycles. The Hall–Kier alpha value is -3.16. The molecule has 0 amide bonds. The van der Waals surface area contributed by atoms with E-state index in [2.05, 4.69) is 22.6 Å². The van der Waals surface area contributed by atoms with Crippen LogP contribution < -0.4 is 39.6 Å². The first kappa shape index (κ1) is 27.4. The van der Waals surface area contributed by atoms with Crippen molar-refractivity contribution in [2.75, 3.05) is 21.0 Å². The van der Waals surface area contributed by atoms with Gasteiger partial charge in [0, 0.05) is 15.9 Å². The van der Waals surface area contributed by atoms with Crippen molar-refractivity contribution in [1.82, 2.24) is 0 Å². The molecule has 0 saturated heterocycles. The van der Waals surface area contributed by atoms with E-state index in [1.807, 2.05) is 88.4 Å². The van der Waals surface area contributed by atoms with Gasteiger partial charge in [-0.3, -0.25) is 0 Å². The van der Waals surface area contributed by atoms with Crippen LogP contribution in [-0.4, -0.2) is 21.0 Å². The van der Waals surface area contributed by atoms with Crippen LogP contribution in [0.4, 0.5) is 0 Å². The van der Waals surface area contributed by atoms with Crippen molar-refractivity contribution in [3.05, 3.63) is 86.5 Å². The summed E-state index contributed by atoms with van der Waals surface area (Å²) in [4.78, 5) is 0. The average molecular weight is 656 g/mol. The van der Waals surface area contributed by atoms with Crippen molar-refractivity contribution in [2.45, 2.75) is 27.7 Å². The van der Waals surface area contributed by atoms with Crippen molar-refractivity contribution in [3.8, 4) is 34.5 Å². The van der Waals surface area contributed by atoms with Gasteiger partial charge in [0.05, 0.1) is 17.8 Å². The van der Waals surface area contributed by atoms with E-state index in [0.717, 1.165) is 37.3 Å². The van der Waals surface area contributed by atoms with E-state index in [1.165, 1.54) is 0 Å². The molecule has 6 nitrogen and oxygen atoms in total. The minimum Gasteiger partial charge on any atom is -0.496 e. The predicted molar refractivity (Wildman–Crippen MR) is 163 cm³/mol. The van der Waals surface area contributed by atoms with Crippen LogP contribution >= 0.6 is 29.7 Å². The number of ether oxygens (including phenoxy) is 5. The van der Waals surface area contributed by atoms with Crippen LogP contribution in [0, 0.1) is 31.3 Å². The molecule has 1 aliphatic rings. The van der Waals surface area contributed by atoms with Crippen LogP contribution in [0.3, 0.4) is 0 Å². The fourth-order valence-electron chi connectivity index (χ4n) is 5.20. The quantitative estimate of drug-likeness (QED) is 0.163. The SMILES string of the molecule is COc1c(C)cc(P(=O)(c2cc(C)c(OC)c(C)c2)c2cc(Oc3ccccc3)c3c(c2I)OCO3)cc1C. The molecule has 4 aromatic carbocycles. The van der Waals surface area contributed by atoms with Gasteiger partial charge in [-0.2, -0.15) is 0 Å². The molecule has 0 aliphatic carbocycles. The first-order valence-electron chi connectivity index (χ1n) is 12.5. The topological polar surface area (TPSA) is 63.2 Å². The van der Waals surface area contributed by atoms with Crippen molar-refractivity contribution in [2.24, 2.45) is 0 Å². The zero-order valence-corrected chi connectivity index (χ0v) is 25.8. The lowest BCUT2D eigenvalue weighted by atomic mass is 10.1. The standard InChI is InChI=1S/C31H30IO6P/c1-18-12-23(13-19(2)28(18)34-5)39(33,24-14-20(3)29(35-6)21(4)15-24)26-16-25(38-22-10-8-7-9-11-22)30-31(27(26)32)37-17-36-30/h7-16H,17H2,1-6H3. The average Bonchev–Trinajstić information content (AvgIpc) is 3.41. The van der Waals surface area contributed by atoms with Crippen molar-refractivity contribution < 1.29 is 28.2 Å². The second-order valence-corrected chi connectivity index (χ2v) is 13.3. The van der Waals surface area contributed by atoms with E-state index in [4.69, 9.17) is 23.7 Å². The summed E-state index contributed by atoms with van der Waals surface area (Å²) >= 11 is 2.21. The highest BCUT2D eigenvalue weighted by atomic mass is 127. The van der Waals surface area contributed by atoms with Gasteiger partial charge in [-0.05, 0) is 115 Å². The molecule has 0 unspecified atom stereocenters. The van der Waals surface area contributed by atoms with Gasteiger partial charge in [0.2, 0.25) is 12.5 Å². The Bertz CT molecular complexity index is 1510. The first-order valence-corrected chi connectivity index (χ1v) is 15.2. The number of fused-ring (bicyclic) bond motifs is 1. The van der Waals surface area contributed by atoms with Crippen LogP contribution in [0.5, 0.6) is 34.5 Å². The minimum atomic E-state index is -3.48. The van der Waals surface area contributed by atoms with Crippen molar-refractivity contribution in [3.63, 3.8) is 0 Å². The highest BCUT2D eigenvalue weighted by Gasteiger charge is 2.38. The molecule has 0 atom stereocenters. The Morgan fingerprint density at radius 3 is 1.72 bits per heavy atom. The number of benzene rings is 4. The molecular formula is C31H30IO6P. The number of rotatable bonds is 7. The Balaban J connectivity index is 1.83. The lowest BCUT2D eigenvalue weighted by Gasteiger charge is -2.25. The third kappa shape index (κ3) is 4.76. The maximum Gasteiger partial charge on any atom is 0.231 e. The summed E-state index contributed by atoms with van der Waals surface area (Å²) in [5.41, 5.74) is 3.63. The van der Waals surface area contributed by atoms with Gasteiger partial charge >= 0.3 is 0 Å². The van der Waals surface area contributed by atoms with Crippen LogP contribution in [0.2, 0.25) is 0 Å². The molecule has 0 bridgehead atoms. The monoisotopic (exact) mass is 656 g/mol. The Kier molecular flexibility index (Phi) is 7.57. The highest BCUT2D eigenvalue weighted by Crippen LogP contribution is 2.53. The smallest absolute Gasteiger partial charge is 0.231 e. The van der Waals surface area contributed by atoms with Gasteiger partial charge in [-0.1, -0.05) is 18.2 Å². The van der Waals surface area contributed by atoms with Gasteiger partial charge in [-0.25, -0.2) is 0 Å². The molecule has 0 radical (unpaired) electrons. The second kappa shape index (κ2) is 10.8. The third-order valence-corrected chi connectivity index (χ3v) is 11.4. The van der Waals surface area contributed by atoms with E-state index >= 15 is 4.57 Å². The van der Waals surface area contributed by atoms with Crippen LogP contribution in [0.15, 0.2) is 60.7 Å². The maximum absolute atomic E-state index is 15.8. The van der Waals surface area contributed by atoms with Gasteiger partial charge in [0.15, 0.2) is 18.6 Å². The number of para-hydroxylation sites is 1. The summed E-state index contributed by atoms with van der Waals surface area (Å²) in [6, 6.07) is 19.1. The maximum atomic E-state index is 15.8. The van der Waals surface area contributed by atoms with E-state index in [9.17, 15) is 0 Å². The van der Waals surface area contributed by atoms with Gasteiger partial charge in [0.25, 0.3) is 0 Å². The zero-order chi connectivity index (χ0) is 27.9. The molecule has 202 valence electrons. The normalized spacial score (nSPS) is 12.4. The third-order valence-electron chi connectivity index (χ3n) is 6.86. The Morgan fingerprint density at radius 2 is 1.23 bits per heavy atom. The molecule has 0 N–H and O–H groups in total. The van der Waals surface area contributed by atoms with Crippen molar-refractivity contribution in [1.29, 1.82) is 0 Å². The minimum absolute atomic E-state index is 0.0613. The van der Waals surface area contributed by atoms with Crippen LogP contribution in [0.25, 0.3) is 0 Å². The Morgan fingerprint density at radius 1 is 0.744 bits per heavy atom. The van der Waals surface area contributed by atoms with Crippen LogP contribution in [-0.2, 0) is 4.57 Å². The number of halogens is 1. The first-order chi connectivity index (χ1) is 18.7. The molecule has 5 rings (SSSR count). The summed E-state index contributed by atoms with van der Waals surface area (Å²) in [7, 11) is -0.177. The lowest BCUT2D eigenvalue weighted by molar-refractivity contribution is 0.171. The molecule has 0 saturated carbocycles. The number of methoxy groups -OCH3 is 2. The molecule has 0 spiro atoms. The summed E-state index contributed by atoms with van der Waals surface area (Å²) < 4.78 is 45.8. The molecule has 8 heteroatoms. The largest absolute Gasteiger partial charge is 0.496 e. The second-order valence-electron chi connectivity index (χ2n) is 9.52. The van der Waals surface area contributed by atoms with Crippen LogP contribution in [0.1, 0.15) is 22.3 Å². The molecule has 4 aromatic rings. The summed E-state index contributed by atoms with van der Waals surface area (Å²) in [5.74, 6) is 3.69. The van der Waals surface area contributed by atoms with Gasteiger partial charge in [0.1, 0.15) is 17.2 Å². The fraction of sp³-hybridized carbons (Fsp3) is 0.226. The highest BCUT2D eigenvalue weighted by molar-refractivity contribution is 14.1. The zero-order valence-electron chi connectivity index (χ0n) is 22.8. The summed E-state index contributed by atoms with van der Waals surface area (Å²) in [5, 5.41) is 2.01. The number of aryl methyl sites for hydroxylation is 4. The predicted octanol–water partition coefficient (Wildman–Crippen LogP) is 6.70. The molecule has 39 heavy (non-hydrogen) atoms. The van der Waals surface area contributed by atoms with E-state index in [1.54, 1.807) is 14.2 Å². The number of hydrogen-bond acceptors (Lipinski definition) is 6. The van der Waals surface area contributed by atoms with E-state index in [0.29, 0.717) is 38.9 Å². The molecule has 0 aromatic heterocycles. The summed E-state index contributed by atoms with van der Waals surface area (Å²) in [6.07, 6.45) is 0. The van der Waals surface area contributed by atoms with Gasteiger partial charge < -0.3 is 28.2 Å². The van der Waals surface area contributed by atoms with Gasteiger partial charge in [-0.15, -0.1) is 0 Å². The molecule has 1 heterocycles. The summed E-state index contributed by atoms with van der Waals surface area (Å²) in [6.45, 7) is 7.95. The van der Waals surface area contributed by atoms with E-state index < -0.39 is 7.14 Å². The fourth-order valence-corrected chi connectivity index (χ4v) is 9.81. The Labute approximate surface area is 242 Å². The molecule has 0 fully saturated rings. The lowest BCUT2D eigenvalue weighted by Crippen LogP contribution is -2.28. The number of hydrogen-bond donors (Lipinski definition) is 0. The molecular weight excluding hydrogens is 626 g/mol.